The molecule has 18 heavy (non-hydrogen) atoms. The number of anilines is 1. The molecule has 0 aliphatic carbocycles. The average Bonchev–Trinajstić information content (AvgIpc) is 2.78. The zero-order valence-electron chi connectivity index (χ0n) is 11.4. The summed E-state index contributed by atoms with van der Waals surface area (Å²) in [5.74, 6) is -0.302. The highest BCUT2D eigenvalue weighted by Crippen LogP contribution is 2.37. The van der Waals surface area contributed by atoms with Crippen LogP contribution in [0.15, 0.2) is 18.2 Å². The van der Waals surface area contributed by atoms with Crippen LogP contribution in [0.1, 0.15) is 38.7 Å². The molecule has 0 bridgehead atoms. The molecule has 1 aliphatic heterocycles. The average molecular weight is 250 g/mol. The van der Waals surface area contributed by atoms with E-state index in [1.54, 1.807) is 12.1 Å². The molecule has 2 rings (SSSR count). The topological polar surface area (TPSA) is 29.3 Å². The molecular formula is C15H23FN2. The molecule has 0 spiro atoms. The van der Waals surface area contributed by atoms with E-state index in [0.29, 0.717) is 5.41 Å². The van der Waals surface area contributed by atoms with Gasteiger partial charge in [-0.15, -0.1) is 0 Å². The van der Waals surface area contributed by atoms with Crippen LogP contribution in [0.3, 0.4) is 0 Å². The van der Waals surface area contributed by atoms with Gasteiger partial charge in [0.05, 0.1) is 5.69 Å². The fourth-order valence-electron chi connectivity index (χ4n) is 2.92. The van der Waals surface area contributed by atoms with E-state index in [-0.39, 0.29) is 11.5 Å². The van der Waals surface area contributed by atoms with Gasteiger partial charge in [-0.25, -0.2) is 4.39 Å². The van der Waals surface area contributed by atoms with E-state index in [9.17, 15) is 4.39 Å². The predicted octanol–water partition coefficient (Wildman–Crippen LogP) is 3.42. The van der Waals surface area contributed by atoms with Gasteiger partial charge >= 0.3 is 0 Å². The zero-order chi connectivity index (χ0) is 13.2. The molecule has 1 aromatic rings. The van der Waals surface area contributed by atoms with Crippen molar-refractivity contribution in [2.45, 2.75) is 39.7 Å². The van der Waals surface area contributed by atoms with Crippen molar-refractivity contribution in [2.75, 3.05) is 18.8 Å². The fourth-order valence-corrected chi connectivity index (χ4v) is 2.92. The molecule has 0 unspecified atom stereocenters. The number of hydrogen-bond donors (Lipinski definition) is 1. The molecule has 0 aromatic heterocycles. The highest BCUT2D eigenvalue weighted by molar-refractivity contribution is 5.41. The molecule has 1 saturated heterocycles. The molecule has 2 N–H and O–H groups in total. The van der Waals surface area contributed by atoms with Gasteiger partial charge in [0.25, 0.3) is 0 Å². The summed E-state index contributed by atoms with van der Waals surface area (Å²) in [6, 6.07) is 5.15. The van der Waals surface area contributed by atoms with E-state index in [2.05, 4.69) is 18.7 Å². The first-order valence-electron chi connectivity index (χ1n) is 6.85. The SMILES string of the molecule is CCC1(CC)CCN(Cc2ccc(N)c(F)c2)C1. The maximum absolute atomic E-state index is 13.4. The second-order valence-corrected chi connectivity index (χ2v) is 5.52. The molecule has 0 amide bonds. The third-order valence-electron chi connectivity index (χ3n) is 4.49. The Morgan fingerprint density at radius 2 is 2.06 bits per heavy atom. The highest BCUT2D eigenvalue weighted by Gasteiger charge is 2.34. The summed E-state index contributed by atoms with van der Waals surface area (Å²) < 4.78 is 13.4. The molecule has 0 atom stereocenters. The predicted molar refractivity (Wildman–Crippen MR) is 73.7 cm³/mol. The summed E-state index contributed by atoms with van der Waals surface area (Å²) in [6.45, 7) is 7.63. The third-order valence-corrected chi connectivity index (χ3v) is 4.49. The summed E-state index contributed by atoms with van der Waals surface area (Å²) >= 11 is 0. The Hall–Kier alpha value is -1.09. The first-order chi connectivity index (χ1) is 8.58. The number of likely N-dealkylation sites (tertiary alicyclic amines) is 1. The molecular weight excluding hydrogens is 227 g/mol. The molecule has 1 aromatic carbocycles. The monoisotopic (exact) mass is 250 g/mol. The Labute approximate surface area is 109 Å². The van der Waals surface area contributed by atoms with Crippen LogP contribution in [-0.2, 0) is 6.54 Å². The molecule has 0 radical (unpaired) electrons. The maximum atomic E-state index is 13.4. The fraction of sp³-hybridized carbons (Fsp3) is 0.600. The standard InChI is InChI=1S/C15H23FN2/c1-3-15(4-2)7-8-18(11-15)10-12-5-6-14(17)13(16)9-12/h5-6,9H,3-4,7-8,10-11,17H2,1-2H3. The summed E-state index contributed by atoms with van der Waals surface area (Å²) in [5.41, 5.74) is 7.22. The summed E-state index contributed by atoms with van der Waals surface area (Å²) in [5, 5.41) is 0. The third kappa shape index (κ3) is 2.66. The number of nitrogens with two attached hydrogens (primary N) is 1. The maximum Gasteiger partial charge on any atom is 0.146 e. The Morgan fingerprint density at radius 1 is 1.33 bits per heavy atom. The van der Waals surface area contributed by atoms with Gasteiger partial charge in [-0.3, -0.25) is 4.90 Å². The lowest BCUT2D eigenvalue weighted by Gasteiger charge is -2.26. The normalized spacial score (nSPS) is 19.3. The van der Waals surface area contributed by atoms with E-state index in [0.717, 1.165) is 25.2 Å². The van der Waals surface area contributed by atoms with Crippen molar-refractivity contribution in [2.24, 2.45) is 5.41 Å². The van der Waals surface area contributed by atoms with Gasteiger partial charge in [-0.05, 0) is 48.9 Å². The number of nitrogen functional groups attached to an aromatic ring is 1. The van der Waals surface area contributed by atoms with E-state index in [4.69, 9.17) is 5.73 Å². The second kappa shape index (κ2) is 5.27. The van der Waals surface area contributed by atoms with Gasteiger partial charge in [-0.2, -0.15) is 0 Å². The lowest BCUT2D eigenvalue weighted by atomic mass is 9.82. The van der Waals surface area contributed by atoms with Crippen LogP contribution in [0.4, 0.5) is 10.1 Å². The van der Waals surface area contributed by atoms with Gasteiger partial charge < -0.3 is 5.73 Å². The van der Waals surface area contributed by atoms with E-state index in [1.165, 1.54) is 19.3 Å². The highest BCUT2D eigenvalue weighted by atomic mass is 19.1. The van der Waals surface area contributed by atoms with Crippen LogP contribution in [0, 0.1) is 11.2 Å². The van der Waals surface area contributed by atoms with Crippen molar-refractivity contribution < 1.29 is 4.39 Å². The molecule has 100 valence electrons. The minimum absolute atomic E-state index is 0.233. The van der Waals surface area contributed by atoms with Crippen LogP contribution in [0.2, 0.25) is 0 Å². The van der Waals surface area contributed by atoms with Gasteiger partial charge in [0, 0.05) is 13.1 Å². The molecule has 1 fully saturated rings. The second-order valence-electron chi connectivity index (χ2n) is 5.52. The molecule has 1 aliphatic rings. The number of rotatable bonds is 4. The number of nitrogens with zero attached hydrogens (tertiary/aromatic N) is 1. The van der Waals surface area contributed by atoms with E-state index >= 15 is 0 Å². The first kappa shape index (κ1) is 13.3. The van der Waals surface area contributed by atoms with Crippen LogP contribution >= 0.6 is 0 Å². The number of hydrogen-bond acceptors (Lipinski definition) is 2. The Balaban J connectivity index is 2.01. The van der Waals surface area contributed by atoms with Crippen molar-refractivity contribution in [3.63, 3.8) is 0 Å². The van der Waals surface area contributed by atoms with Crippen molar-refractivity contribution in [3.8, 4) is 0 Å². The summed E-state index contributed by atoms with van der Waals surface area (Å²) in [7, 11) is 0. The minimum Gasteiger partial charge on any atom is -0.396 e. The van der Waals surface area contributed by atoms with E-state index in [1.807, 2.05) is 6.07 Å². The molecule has 0 saturated carbocycles. The molecule has 1 heterocycles. The van der Waals surface area contributed by atoms with Crippen LogP contribution < -0.4 is 5.73 Å². The van der Waals surface area contributed by atoms with Crippen LogP contribution in [-0.4, -0.2) is 18.0 Å². The van der Waals surface area contributed by atoms with Crippen molar-refractivity contribution in [3.05, 3.63) is 29.6 Å². The largest absolute Gasteiger partial charge is 0.396 e. The van der Waals surface area contributed by atoms with Crippen molar-refractivity contribution in [1.82, 2.24) is 4.90 Å². The Bertz CT molecular complexity index is 413. The number of halogens is 1. The van der Waals surface area contributed by atoms with Crippen LogP contribution in [0.25, 0.3) is 0 Å². The zero-order valence-corrected chi connectivity index (χ0v) is 11.4. The minimum atomic E-state index is -0.302. The van der Waals surface area contributed by atoms with Gasteiger partial charge in [0.2, 0.25) is 0 Å². The van der Waals surface area contributed by atoms with Gasteiger partial charge in [0.15, 0.2) is 0 Å². The van der Waals surface area contributed by atoms with Gasteiger partial charge in [0.1, 0.15) is 5.82 Å². The summed E-state index contributed by atoms with van der Waals surface area (Å²) in [4.78, 5) is 2.43. The van der Waals surface area contributed by atoms with Crippen LogP contribution in [0.5, 0.6) is 0 Å². The lowest BCUT2D eigenvalue weighted by Crippen LogP contribution is -2.26. The lowest BCUT2D eigenvalue weighted by molar-refractivity contribution is 0.236. The van der Waals surface area contributed by atoms with Crippen molar-refractivity contribution in [1.29, 1.82) is 0 Å². The first-order valence-corrected chi connectivity index (χ1v) is 6.85. The Morgan fingerprint density at radius 3 is 2.61 bits per heavy atom. The number of benzene rings is 1. The quantitative estimate of drug-likeness (QED) is 0.830. The summed E-state index contributed by atoms with van der Waals surface area (Å²) in [6.07, 6.45) is 3.73. The Kier molecular flexibility index (Phi) is 3.91. The van der Waals surface area contributed by atoms with Gasteiger partial charge in [-0.1, -0.05) is 19.9 Å². The molecule has 3 heteroatoms. The van der Waals surface area contributed by atoms with E-state index < -0.39 is 0 Å². The van der Waals surface area contributed by atoms with Crippen molar-refractivity contribution >= 4 is 5.69 Å². The smallest absolute Gasteiger partial charge is 0.146 e. The molecule has 2 nitrogen and oxygen atoms in total.